The highest BCUT2D eigenvalue weighted by molar-refractivity contribution is 9.10. The van der Waals surface area contributed by atoms with Gasteiger partial charge in [-0.1, -0.05) is 46.3 Å². The van der Waals surface area contributed by atoms with E-state index in [0.717, 1.165) is 10.0 Å². The first kappa shape index (κ1) is 14.2. The number of para-hydroxylation sites is 1. The van der Waals surface area contributed by atoms with E-state index in [9.17, 15) is 9.59 Å². The lowest BCUT2D eigenvalue weighted by atomic mass is 9.87. The molecule has 23 heavy (non-hydrogen) atoms. The molecule has 4 nitrogen and oxygen atoms in total. The van der Waals surface area contributed by atoms with Crippen molar-refractivity contribution in [2.75, 3.05) is 0 Å². The summed E-state index contributed by atoms with van der Waals surface area (Å²) in [5.41, 5.74) is 1.21. The Labute approximate surface area is 139 Å². The van der Waals surface area contributed by atoms with E-state index in [1.165, 1.54) is 0 Å². The summed E-state index contributed by atoms with van der Waals surface area (Å²) < 4.78 is 11.7. The second kappa shape index (κ2) is 5.35. The fourth-order valence-corrected chi connectivity index (χ4v) is 3.55. The van der Waals surface area contributed by atoms with Crippen LogP contribution < -0.4 is 10.4 Å². The minimum absolute atomic E-state index is 0.110. The minimum Gasteiger partial charge on any atom is -0.425 e. The lowest BCUT2D eigenvalue weighted by Gasteiger charge is -2.25. The molecule has 0 aliphatic carbocycles. The quantitative estimate of drug-likeness (QED) is 0.479. The van der Waals surface area contributed by atoms with Crippen LogP contribution in [0.15, 0.2) is 62.2 Å². The third-order valence-corrected chi connectivity index (χ3v) is 4.74. The Morgan fingerprint density at radius 3 is 2.57 bits per heavy atom. The number of benzene rings is 2. The van der Waals surface area contributed by atoms with Gasteiger partial charge in [0, 0.05) is 10.4 Å². The fraction of sp³-hybridized carbons (Fsp3) is 0.111. The molecule has 0 N–H and O–H groups in total. The maximum atomic E-state index is 12.5. The van der Waals surface area contributed by atoms with Gasteiger partial charge in [0.25, 0.3) is 0 Å². The SMILES string of the molecule is O=C1C[C@H](c2ccccc2Br)c2c(c3ccccc3oc2=O)O1. The average Bonchev–Trinajstić information content (AvgIpc) is 2.54. The fourth-order valence-electron chi connectivity index (χ4n) is 2.99. The van der Waals surface area contributed by atoms with Crippen LogP contribution in [0.1, 0.15) is 23.5 Å². The lowest BCUT2D eigenvalue weighted by Crippen LogP contribution is -2.26. The summed E-state index contributed by atoms with van der Waals surface area (Å²) >= 11 is 3.49. The van der Waals surface area contributed by atoms with Gasteiger partial charge in [0.1, 0.15) is 5.58 Å². The van der Waals surface area contributed by atoms with Crippen LogP contribution in [0.5, 0.6) is 5.75 Å². The number of halogens is 1. The van der Waals surface area contributed by atoms with Crippen LogP contribution in [-0.4, -0.2) is 5.97 Å². The molecular formula is C18H11BrO4. The van der Waals surface area contributed by atoms with Gasteiger partial charge in [0.15, 0.2) is 5.75 Å². The molecule has 114 valence electrons. The summed E-state index contributed by atoms with van der Waals surface area (Å²) in [6.07, 6.45) is 0.110. The van der Waals surface area contributed by atoms with Gasteiger partial charge in [-0.15, -0.1) is 0 Å². The van der Waals surface area contributed by atoms with Crippen molar-refractivity contribution in [3.8, 4) is 5.75 Å². The summed E-state index contributed by atoms with van der Waals surface area (Å²) in [6, 6.07) is 14.6. The Hall–Kier alpha value is -2.40. The highest BCUT2D eigenvalue weighted by atomic mass is 79.9. The number of esters is 1. The molecule has 0 unspecified atom stereocenters. The van der Waals surface area contributed by atoms with E-state index >= 15 is 0 Å². The Morgan fingerprint density at radius 1 is 1.00 bits per heavy atom. The summed E-state index contributed by atoms with van der Waals surface area (Å²) in [4.78, 5) is 24.6. The summed E-state index contributed by atoms with van der Waals surface area (Å²) in [5, 5.41) is 0.632. The average molecular weight is 371 g/mol. The van der Waals surface area contributed by atoms with Crippen molar-refractivity contribution in [3.05, 3.63) is 74.6 Å². The summed E-state index contributed by atoms with van der Waals surface area (Å²) in [7, 11) is 0. The van der Waals surface area contributed by atoms with Gasteiger partial charge in [-0.05, 0) is 23.8 Å². The third kappa shape index (κ3) is 2.28. The Bertz CT molecular complexity index is 990. The molecule has 2 aromatic carbocycles. The van der Waals surface area contributed by atoms with Gasteiger partial charge in [0.05, 0.1) is 17.4 Å². The van der Waals surface area contributed by atoms with Gasteiger partial charge < -0.3 is 9.15 Å². The van der Waals surface area contributed by atoms with E-state index in [4.69, 9.17) is 9.15 Å². The van der Waals surface area contributed by atoms with Gasteiger partial charge in [0.2, 0.25) is 0 Å². The number of carbonyl (C=O) groups is 1. The minimum atomic E-state index is -0.466. The zero-order valence-electron chi connectivity index (χ0n) is 11.9. The van der Waals surface area contributed by atoms with Crippen molar-refractivity contribution in [2.24, 2.45) is 0 Å². The molecule has 0 fully saturated rings. The van der Waals surface area contributed by atoms with E-state index < -0.39 is 5.63 Å². The van der Waals surface area contributed by atoms with E-state index in [0.29, 0.717) is 22.3 Å². The third-order valence-electron chi connectivity index (χ3n) is 4.01. The number of hydrogen-bond donors (Lipinski definition) is 0. The molecule has 1 aliphatic heterocycles. The maximum Gasteiger partial charge on any atom is 0.343 e. The molecule has 5 heteroatoms. The topological polar surface area (TPSA) is 56.5 Å². The van der Waals surface area contributed by atoms with Gasteiger partial charge in [-0.3, -0.25) is 4.79 Å². The van der Waals surface area contributed by atoms with Gasteiger partial charge in [-0.2, -0.15) is 0 Å². The van der Waals surface area contributed by atoms with E-state index in [1.54, 1.807) is 18.2 Å². The molecule has 1 aliphatic rings. The van der Waals surface area contributed by atoms with Gasteiger partial charge in [-0.25, -0.2) is 4.79 Å². The molecule has 1 atom stereocenters. The zero-order valence-corrected chi connectivity index (χ0v) is 13.5. The summed E-state index contributed by atoms with van der Waals surface area (Å²) in [6.45, 7) is 0. The predicted octanol–water partition coefficient (Wildman–Crippen LogP) is 4.00. The molecule has 0 saturated heterocycles. The first-order chi connectivity index (χ1) is 11.1. The smallest absolute Gasteiger partial charge is 0.343 e. The van der Waals surface area contributed by atoms with E-state index in [2.05, 4.69) is 15.9 Å². The summed E-state index contributed by atoms with van der Waals surface area (Å²) in [5.74, 6) is -0.425. The molecule has 1 aromatic heterocycles. The van der Waals surface area contributed by atoms with Crippen molar-refractivity contribution in [2.45, 2.75) is 12.3 Å². The van der Waals surface area contributed by atoms with E-state index in [1.807, 2.05) is 30.3 Å². The van der Waals surface area contributed by atoms with Gasteiger partial charge >= 0.3 is 11.6 Å². The molecule has 4 rings (SSSR count). The van der Waals surface area contributed by atoms with Crippen LogP contribution >= 0.6 is 15.9 Å². The number of ether oxygens (including phenoxy) is 1. The molecule has 0 amide bonds. The molecular weight excluding hydrogens is 360 g/mol. The van der Waals surface area contributed by atoms with Crippen LogP contribution in [0.2, 0.25) is 0 Å². The van der Waals surface area contributed by atoms with Crippen LogP contribution in [-0.2, 0) is 4.79 Å². The first-order valence-electron chi connectivity index (χ1n) is 7.16. The molecule has 0 radical (unpaired) electrons. The Kier molecular flexibility index (Phi) is 3.31. The van der Waals surface area contributed by atoms with Crippen molar-refractivity contribution in [1.82, 2.24) is 0 Å². The number of rotatable bonds is 1. The number of fused-ring (bicyclic) bond motifs is 3. The Morgan fingerprint density at radius 2 is 1.74 bits per heavy atom. The molecule has 2 heterocycles. The molecule has 0 bridgehead atoms. The maximum absolute atomic E-state index is 12.5. The highest BCUT2D eigenvalue weighted by Gasteiger charge is 2.34. The molecule has 0 saturated carbocycles. The van der Waals surface area contributed by atoms with Crippen LogP contribution in [0.25, 0.3) is 11.0 Å². The van der Waals surface area contributed by atoms with Crippen LogP contribution in [0.3, 0.4) is 0 Å². The number of carbonyl (C=O) groups excluding carboxylic acids is 1. The zero-order chi connectivity index (χ0) is 16.0. The van der Waals surface area contributed by atoms with Crippen molar-refractivity contribution in [3.63, 3.8) is 0 Å². The van der Waals surface area contributed by atoms with Crippen LogP contribution in [0.4, 0.5) is 0 Å². The Balaban J connectivity index is 2.05. The first-order valence-corrected chi connectivity index (χ1v) is 7.95. The normalized spacial score (nSPS) is 16.9. The van der Waals surface area contributed by atoms with Crippen molar-refractivity contribution in [1.29, 1.82) is 0 Å². The van der Waals surface area contributed by atoms with Crippen molar-refractivity contribution < 1.29 is 13.9 Å². The monoisotopic (exact) mass is 370 g/mol. The predicted molar refractivity (Wildman–Crippen MR) is 88.7 cm³/mol. The highest BCUT2D eigenvalue weighted by Crippen LogP contribution is 2.42. The second-order valence-corrected chi connectivity index (χ2v) is 6.24. The lowest BCUT2D eigenvalue weighted by molar-refractivity contribution is -0.135. The van der Waals surface area contributed by atoms with E-state index in [-0.39, 0.29) is 18.3 Å². The standard InChI is InChI=1S/C18H11BrO4/c19-13-7-3-1-5-10(13)12-9-15(20)23-17-11-6-2-4-8-14(11)22-18(21)16(12)17/h1-8,12H,9H2/t12-/m1/s1. The molecule has 3 aromatic rings. The second-order valence-electron chi connectivity index (χ2n) is 5.38. The number of hydrogen-bond acceptors (Lipinski definition) is 4. The molecule has 0 spiro atoms. The van der Waals surface area contributed by atoms with Crippen LogP contribution in [0, 0.1) is 0 Å². The largest absolute Gasteiger partial charge is 0.425 e. The van der Waals surface area contributed by atoms with Crippen molar-refractivity contribution >= 4 is 32.9 Å².